The molecule has 0 unspecified atom stereocenters. The van der Waals surface area contributed by atoms with E-state index in [0.29, 0.717) is 19.6 Å². The van der Waals surface area contributed by atoms with Gasteiger partial charge in [-0.2, -0.15) is 0 Å². The highest BCUT2D eigenvalue weighted by Gasteiger charge is 2.32. The fourth-order valence-electron chi connectivity index (χ4n) is 2.04. The average Bonchev–Trinajstić information content (AvgIpc) is 2.38. The van der Waals surface area contributed by atoms with Gasteiger partial charge in [0.15, 0.2) is 0 Å². The molecule has 18 heavy (non-hydrogen) atoms. The minimum Gasteiger partial charge on any atom is -0.385 e. The standard InChI is InChI=1S/C11H24N2O4S/c1-16-8-3-9-18(14,15)13-10-11(17-2)4-6-12-7-5-11/h12-13H,3-10H2,1-2H3. The smallest absolute Gasteiger partial charge is 0.211 e. The third-order valence-electron chi connectivity index (χ3n) is 3.32. The highest BCUT2D eigenvalue weighted by molar-refractivity contribution is 7.89. The van der Waals surface area contributed by atoms with Gasteiger partial charge in [0.25, 0.3) is 0 Å². The second kappa shape index (κ2) is 7.40. The van der Waals surface area contributed by atoms with E-state index < -0.39 is 10.0 Å². The topological polar surface area (TPSA) is 76.7 Å². The highest BCUT2D eigenvalue weighted by Crippen LogP contribution is 2.21. The van der Waals surface area contributed by atoms with Crippen molar-refractivity contribution in [3.8, 4) is 0 Å². The van der Waals surface area contributed by atoms with Gasteiger partial charge in [-0.15, -0.1) is 0 Å². The fraction of sp³-hybridized carbons (Fsp3) is 1.00. The van der Waals surface area contributed by atoms with E-state index in [1.54, 1.807) is 14.2 Å². The third kappa shape index (κ3) is 5.19. The molecule has 1 aliphatic heterocycles. The van der Waals surface area contributed by atoms with Gasteiger partial charge in [-0.25, -0.2) is 13.1 Å². The van der Waals surface area contributed by atoms with Crippen LogP contribution >= 0.6 is 0 Å². The molecule has 108 valence electrons. The summed E-state index contributed by atoms with van der Waals surface area (Å²) in [5.74, 6) is 0.0961. The third-order valence-corrected chi connectivity index (χ3v) is 4.73. The summed E-state index contributed by atoms with van der Waals surface area (Å²) in [7, 11) is -0.0240. The van der Waals surface area contributed by atoms with Gasteiger partial charge in [-0.1, -0.05) is 0 Å². The SMILES string of the molecule is COCCCS(=O)(=O)NCC1(OC)CCNCC1. The molecular formula is C11H24N2O4S. The Morgan fingerprint density at radius 3 is 2.50 bits per heavy atom. The molecule has 0 amide bonds. The van der Waals surface area contributed by atoms with Crippen LogP contribution in [-0.2, 0) is 19.5 Å². The zero-order chi connectivity index (χ0) is 13.5. The van der Waals surface area contributed by atoms with Crippen molar-refractivity contribution in [2.75, 3.05) is 46.2 Å². The Balaban J connectivity index is 2.41. The maximum atomic E-state index is 11.8. The van der Waals surface area contributed by atoms with Crippen LogP contribution in [0.5, 0.6) is 0 Å². The monoisotopic (exact) mass is 280 g/mol. The molecule has 0 spiro atoms. The van der Waals surface area contributed by atoms with Crippen molar-refractivity contribution in [2.45, 2.75) is 24.9 Å². The van der Waals surface area contributed by atoms with Crippen molar-refractivity contribution in [3.05, 3.63) is 0 Å². The summed E-state index contributed by atoms with van der Waals surface area (Å²) >= 11 is 0. The summed E-state index contributed by atoms with van der Waals surface area (Å²) in [5.41, 5.74) is -0.362. The zero-order valence-electron chi connectivity index (χ0n) is 11.2. The maximum Gasteiger partial charge on any atom is 0.211 e. The Kier molecular flexibility index (Phi) is 6.51. The molecule has 0 atom stereocenters. The van der Waals surface area contributed by atoms with E-state index >= 15 is 0 Å². The van der Waals surface area contributed by atoms with Crippen molar-refractivity contribution < 1.29 is 17.9 Å². The number of rotatable bonds is 8. The Bertz CT molecular complexity index is 326. The van der Waals surface area contributed by atoms with Crippen LogP contribution in [0, 0.1) is 0 Å². The van der Waals surface area contributed by atoms with Crippen LogP contribution in [0.25, 0.3) is 0 Å². The van der Waals surface area contributed by atoms with Gasteiger partial charge in [0.05, 0.1) is 11.4 Å². The molecule has 7 heteroatoms. The van der Waals surface area contributed by atoms with Gasteiger partial charge in [0.2, 0.25) is 10.0 Å². The molecule has 0 saturated carbocycles. The number of sulfonamides is 1. The van der Waals surface area contributed by atoms with Gasteiger partial charge in [0.1, 0.15) is 0 Å². The number of hydrogen-bond donors (Lipinski definition) is 2. The summed E-state index contributed by atoms with van der Waals surface area (Å²) < 4.78 is 36.5. The van der Waals surface area contributed by atoms with E-state index in [4.69, 9.17) is 9.47 Å². The lowest BCUT2D eigenvalue weighted by molar-refractivity contribution is -0.0287. The van der Waals surface area contributed by atoms with Gasteiger partial charge < -0.3 is 14.8 Å². The zero-order valence-corrected chi connectivity index (χ0v) is 12.0. The van der Waals surface area contributed by atoms with E-state index in [9.17, 15) is 8.42 Å². The summed E-state index contributed by atoms with van der Waals surface area (Å²) in [4.78, 5) is 0. The van der Waals surface area contributed by atoms with Crippen LogP contribution in [-0.4, -0.2) is 60.2 Å². The Hall–Kier alpha value is -0.210. The van der Waals surface area contributed by atoms with Gasteiger partial charge in [0, 0.05) is 27.4 Å². The lowest BCUT2D eigenvalue weighted by Gasteiger charge is -2.36. The second-order valence-electron chi connectivity index (χ2n) is 4.62. The first-order valence-corrected chi connectivity index (χ1v) is 7.91. The molecule has 6 nitrogen and oxygen atoms in total. The van der Waals surface area contributed by atoms with Crippen molar-refractivity contribution in [3.63, 3.8) is 0 Å². The summed E-state index contributed by atoms with van der Waals surface area (Å²) in [6.45, 7) is 2.53. The van der Waals surface area contributed by atoms with E-state index in [-0.39, 0.29) is 11.4 Å². The summed E-state index contributed by atoms with van der Waals surface area (Å²) in [5, 5.41) is 3.24. The van der Waals surface area contributed by atoms with Crippen LogP contribution in [0.2, 0.25) is 0 Å². The molecule has 0 aromatic carbocycles. The Morgan fingerprint density at radius 2 is 1.94 bits per heavy atom. The molecule has 0 aliphatic carbocycles. The van der Waals surface area contributed by atoms with E-state index in [1.165, 1.54) is 0 Å². The second-order valence-corrected chi connectivity index (χ2v) is 6.55. The first-order valence-electron chi connectivity index (χ1n) is 6.26. The van der Waals surface area contributed by atoms with Crippen molar-refractivity contribution in [1.82, 2.24) is 10.0 Å². The molecule has 2 N–H and O–H groups in total. The normalized spacial score (nSPS) is 19.9. The van der Waals surface area contributed by atoms with Crippen LogP contribution in [0.3, 0.4) is 0 Å². The minimum atomic E-state index is -3.23. The van der Waals surface area contributed by atoms with Crippen LogP contribution in [0.15, 0.2) is 0 Å². The van der Waals surface area contributed by atoms with Crippen molar-refractivity contribution in [2.24, 2.45) is 0 Å². The largest absolute Gasteiger partial charge is 0.385 e. The Morgan fingerprint density at radius 1 is 1.28 bits per heavy atom. The van der Waals surface area contributed by atoms with Crippen molar-refractivity contribution in [1.29, 1.82) is 0 Å². The number of nitrogens with one attached hydrogen (secondary N) is 2. The first kappa shape index (κ1) is 15.8. The highest BCUT2D eigenvalue weighted by atomic mass is 32.2. The molecule has 1 rings (SSSR count). The van der Waals surface area contributed by atoms with Gasteiger partial charge in [-0.05, 0) is 32.4 Å². The molecule has 1 aliphatic rings. The summed E-state index contributed by atoms with van der Waals surface area (Å²) in [6, 6.07) is 0. The van der Waals surface area contributed by atoms with Crippen molar-refractivity contribution >= 4 is 10.0 Å². The van der Waals surface area contributed by atoms with E-state index in [1.807, 2.05) is 0 Å². The lowest BCUT2D eigenvalue weighted by Crippen LogP contribution is -2.51. The number of piperidine rings is 1. The first-order chi connectivity index (χ1) is 8.54. The molecule has 0 radical (unpaired) electrons. The molecule has 1 fully saturated rings. The molecule has 1 saturated heterocycles. The molecule has 1 heterocycles. The minimum absolute atomic E-state index is 0.0961. The lowest BCUT2D eigenvalue weighted by atomic mass is 9.92. The van der Waals surface area contributed by atoms with Crippen LogP contribution < -0.4 is 10.0 Å². The number of methoxy groups -OCH3 is 2. The number of ether oxygens (including phenoxy) is 2. The average molecular weight is 280 g/mol. The molecule has 0 aromatic heterocycles. The summed E-state index contributed by atoms with van der Waals surface area (Å²) in [6.07, 6.45) is 2.15. The quantitative estimate of drug-likeness (QED) is 0.598. The van der Waals surface area contributed by atoms with E-state index in [2.05, 4.69) is 10.0 Å². The maximum absolute atomic E-state index is 11.8. The molecule has 0 bridgehead atoms. The number of hydrogen-bond acceptors (Lipinski definition) is 5. The fourth-order valence-corrected chi connectivity index (χ4v) is 3.17. The predicted octanol–water partition coefficient (Wildman–Crippen LogP) is -0.289. The van der Waals surface area contributed by atoms with Gasteiger partial charge >= 0.3 is 0 Å². The molecule has 0 aromatic rings. The molecular weight excluding hydrogens is 256 g/mol. The predicted molar refractivity (Wildman–Crippen MR) is 70.1 cm³/mol. The van der Waals surface area contributed by atoms with Gasteiger partial charge in [-0.3, -0.25) is 0 Å². The van der Waals surface area contributed by atoms with Crippen LogP contribution in [0.1, 0.15) is 19.3 Å². The van der Waals surface area contributed by atoms with Crippen LogP contribution in [0.4, 0.5) is 0 Å². The Labute approximate surface area is 109 Å². The van der Waals surface area contributed by atoms with E-state index in [0.717, 1.165) is 25.9 Å².